The summed E-state index contributed by atoms with van der Waals surface area (Å²) in [7, 11) is 0. The van der Waals surface area contributed by atoms with Gasteiger partial charge < -0.3 is 5.11 Å². The Morgan fingerprint density at radius 2 is 2.17 bits per heavy atom. The van der Waals surface area contributed by atoms with Crippen LogP contribution in [0.5, 0.6) is 0 Å². The molecule has 0 amide bonds. The highest BCUT2D eigenvalue weighted by atomic mass is 32.1. The van der Waals surface area contributed by atoms with Crippen LogP contribution in [0.25, 0.3) is 0 Å². The van der Waals surface area contributed by atoms with Gasteiger partial charge in [0.25, 0.3) is 0 Å². The molecule has 0 aliphatic heterocycles. The van der Waals surface area contributed by atoms with Gasteiger partial charge in [0.05, 0.1) is 6.10 Å². The van der Waals surface area contributed by atoms with E-state index in [4.69, 9.17) is 0 Å². The van der Waals surface area contributed by atoms with Crippen molar-refractivity contribution < 1.29 is 5.11 Å². The fourth-order valence-corrected chi connectivity index (χ4v) is 1.67. The molecule has 0 aromatic carbocycles. The first-order chi connectivity index (χ1) is 5.50. The minimum Gasteiger partial charge on any atom is -0.392 e. The van der Waals surface area contributed by atoms with E-state index in [1.54, 1.807) is 11.3 Å². The Bertz CT molecular complexity index is 220. The van der Waals surface area contributed by atoms with E-state index < -0.39 is 0 Å². The van der Waals surface area contributed by atoms with Gasteiger partial charge >= 0.3 is 0 Å². The third-order valence-electron chi connectivity index (χ3n) is 1.97. The average molecular weight is 184 g/mol. The summed E-state index contributed by atoms with van der Waals surface area (Å²) in [5, 5.41) is 11.8. The average Bonchev–Trinajstić information content (AvgIpc) is 2.37. The summed E-state index contributed by atoms with van der Waals surface area (Å²) >= 11 is 1.71. The number of hydrogen-bond donors (Lipinski definition) is 1. The van der Waals surface area contributed by atoms with Crippen LogP contribution < -0.4 is 0 Å². The lowest BCUT2D eigenvalue weighted by Crippen LogP contribution is -2.27. The second-order valence-electron chi connectivity index (χ2n) is 4.17. The van der Waals surface area contributed by atoms with Gasteiger partial charge in [0.15, 0.2) is 0 Å². The zero-order chi connectivity index (χ0) is 9.19. The summed E-state index contributed by atoms with van der Waals surface area (Å²) in [6.07, 6.45) is 0.539. The summed E-state index contributed by atoms with van der Waals surface area (Å²) in [5.74, 6) is 0. The first-order valence-corrected chi connectivity index (χ1v) is 5.08. The van der Waals surface area contributed by atoms with E-state index >= 15 is 0 Å². The Kier molecular flexibility index (Phi) is 2.91. The predicted octanol–water partition coefficient (Wildman–Crippen LogP) is 2.70. The molecule has 0 spiro atoms. The largest absolute Gasteiger partial charge is 0.392 e. The second kappa shape index (κ2) is 3.58. The molecule has 2 heteroatoms. The Balaban J connectivity index is 2.53. The SMILES string of the molecule is CC(C)(C)C(O)Cc1cccs1. The molecule has 1 aromatic rings. The number of rotatable bonds is 2. The van der Waals surface area contributed by atoms with Gasteiger partial charge in [-0.3, -0.25) is 0 Å². The van der Waals surface area contributed by atoms with E-state index in [0.717, 1.165) is 6.42 Å². The molecule has 68 valence electrons. The summed E-state index contributed by atoms with van der Waals surface area (Å²) < 4.78 is 0. The van der Waals surface area contributed by atoms with Crippen LogP contribution in [0.1, 0.15) is 25.6 Å². The van der Waals surface area contributed by atoms with E-state index in [2.05, 4.69) is 26.8 Å². The maximum atomic E-state index is 9.76. The van der Waals surface area contributed by atoms with Gasteiger partial charge in [0, 0.05) is 11.3 Å². The van der Waals surface area contributed by atoms with Crippen molar-refractivity contribution in [2.45, 2.75) is 33.3 Å². The van der Waals surface area contributed by atoms with Crippen LogP contribution in [0.3, 0.4) is 0 Å². The molecular formula is C10H16OS. The van der Waals surface area contributed by atoms with E-state index in [9.17, 15) is 5.11 Å². The van der Waals surface area contributed by atoms with E-state index in [-0.39, 0.29) is 11.5 Å². The van der Waals surface area contributed by atoms with Crippen molar-refractivity contribution in [1.29, 1.82) is 0 Å². The molecule has 12 heavy (non-hydrogen) atoms. The maximum absolute atomic E-state index is 9.76. The van der Waals surface area contributed by atoms with Gasteiger partial charge in [-0.25, -0.2) is 0 Å². The minimum atomic E-state index is -0.240. The van der Waals surface area contributed by atoms with Crippen molar-refractivity contribution in [2.24, 2.45) is 5.41 Å². The van der Waals surface area contributed by atoms with Gasteiger partial charge in [0.1, 0.15) is 0 Å². The predicted molar refractivity (Wildman–Crippen MR) is 53.5 cm³/mol. The molecule has 1 rings (SSSR count). The van der Waals surface area contributed by atoms with Crippen molar-refractivity contribution in [1.82, 2.24) is 0 Å². The lowest BCUT2D eigenvalue weighted by Gasteiger charge is -2.25. The number of aliphatic hydroxyl groups is 1. The Labute approximate surface area is 78.1 Å². The van der Waals surface area contributed by atoms with E-state index in [1.807, 2.05) is 11.4 Å². The summed E-state index contributed by atoms with van der Waals surface area (Å²) in [6, 6.07) is 4.09. The standard InChI is InChI=1S/C10H16OS/c1-10(2,3)9(11)7-8-5-4-6-12-8/h4-6,9,11H,7H2,1-3H3. The lowest BCUT2D eigenvalue weighted by molar-refractivity contribution is 0.0643. The Hall–Kier alpha value is -0.340. The molecule has 0 saturated heterocycles. The summed E-state index contributed by atoms with van der Waals surface area (Å²) in [6.45, 7) is 6.18. The number of hydrogen-bond acceptors (Lipinski definition) is 2. The van der Waals surface area contributed by atoms with E-state index in [1.165, 1.54) is 4.88 Å². The molecule has 0 fully saturated rings. The Morgan fingerprint density at radius 3 is 2.58 bits per heavy atom. The molecule has 0 aliphatic rings. The topological polar surface area (TPSA) is 20.2 Å². The maximum Gasteiger partial charge on any atom is 0.0636 e. The molecule has 1 N–H and O–H groups in total. The lowest BCUT2D eigenvalue weighted by atomic mass is 9.87. The van der Waals surface area contributed by atoms with Crippen LogP contribution in [-0.2, 0) is 6.42 Å². The minimum absolute atomic E-state index is 0.00993. The van der Waals surface area contributed by atoms with Crippen LogP contribution in [-0.4, -0.2) is 11.2 Å². The molecule has 1 heterocycles. The molecule has 1 unspecified atom stereocenters. The van der Waals surface area contributed by atoms with Gasteiger partial charge in [0.2, 0.25) is 0 Å². The normalized spacial score (nSPS) is 14.7. The quantitative estimate of drug-likeness (QED) is 0.749. The van der Waals surface area contributed by atoms with Crippen LogP contribution in [0.4, 0.5) is 0 Å². The third-order valence-corrected chi connectivity index (χ3v) is 2.87. The highest BCUT2D eigenvalue weighted by Gasteiger charge is 2.22. The third kappa shape index (κ3) is 2.61. The fourth-order valence-electron chi connectivity index (χ4n) is 0.925. The smallest absolute Gasteiger partial charge is 0.0636 e. The fraction of sp³-hybridized carbons (Fsp3) is 0.600. The molecule has 0 aliphatic carbocycles. The summed E-state index contributed by atoms with van der Waals surface area (Å²) in [5.41, 5.74) is -0.00993. The van der Waals surface area contributed by atoms with Crippen molar-refractivity contribution in [2.75, 3.05) is 0 Å². The van der Waals surface area contributed by atoms with Gasteiger partial charge in [-0.1, -0.05) is 26.8 Å². The van der Waals surface area contributed by atoms with Gasteiger partial charge in [-0.2, -0.15) is 0 Å². The first-order valence-electron chi connectivity index (χ1n) is 4.20. The zero-order valence-corrected chi connectivity index (χ0v) is 8.69. The van der Waals surface area contributed by atoms with E-state index in [0.29, 0.717) is 0 Å². The Morgan fingerprint density at radius 1 is 1.50 bits per heavy atom. The van der Waals surface area contributed by atoms with Crippen molar-refractivity contribution in [3.8, 4) is 0 Å². The van der Waals surface area contributed by atoms with Crippen LogP contribution in [0.2, 0.25) is 0 Å². The van der Waals surface area contributed by atoms with Crippen LogP contribution in [0, 0.1) is 5.41 Å². The molecule has 0 bridgehead atoms. The molecule has 0 radical (unpaired) electrons. The van der Waals surface area contributed by atoms with Crippen molar-refractivity contribution >= 4 is 11.3 Å². The van der Waals surface area contributed by atoms with Crippen LogP contribution in [0.15, 0.2) is 17.5 Å². The molecule has 1 atom stereocenters. The number of thiophene rings is 1. The molecule has 1 aromatic heterocycles. The van der Waals surface area contributed by atoms with Crippen molar-refractivity contribution in [3.63, 3.8) is 0 Å². The van der Waals surface area contributed by atoms with Crippen molar-refractivity contribution in [3.05, 3.63) is 22.4 Å². The molecular weight excluding hydrogens is 168 g/mol. The molecule has 0 saturated carbocycles. The highest BCUT2D eigenvalue weighted by molar-refractivity contribution is 7.09. The molecule has 1 nitrogen and oxygen atoms in total. The van der Waals surface area contributed by atoms with Gasteiger partial charge in [-0.15, -0.1) is 11.3 Å². The highest BCUT2D eigenvalue weighted by Crippen LogP contribution is 2.23. The monoisotopic (exact) mass is 184 g/mol. The number of aliphatic hydroxyl groups excluding tert-OH is 1. The summed E-state index contributed by atoms with van der Waals surface area (Å²) in [4.78, 5) is 1.26. The first kappa shape index (κ1) is 9.75. The zero-order valence-electron chi connectivity index (χ0n) is 7.87. The van der Waals surface area contributed by atoms with Crippen LogP contribution >= 0.6 is 11.3 Å². The second-order valence-corrected chi connectivity index (χ2v) is 5.20. The van der Waals surface area contributed by atoms with Gasteiger partial charge in [-0.05, 0) is 16.9 Å².